The van der Waals surface area contributed by atoms with Crippen molar-refractivity contribution >= 4 is 12.4 Å². The molecule has 1 nitrogen and oxygen atoms in total. The highest BCUT2D eigenvalue weighted by atomic mass is 35.5. The molecule has 0 bridgehead atoms. The predicted octanol–water partition coefficient (Wildman–Crippen LogP) is 2.91. The molecule has 0 aromatic rings. The fourth-order valence-corrected chi connectivity index (χ4v) is 1.59. The molecule has 0 saturated carbocycles. The van der Waals surface area contributed by atoms with Gasteiger partial charge in [-0.2, -0.15) is 0 Å². The molecule has 0 spiro atoms. The lowest BCUT2D eigenvalue weighted by atomic mass is 10.0. The second-order valence-corrected chi connectivity index (χ2v) is 3.34. The van der Waals surface area contributed by atoms with Crippen molar-refractivity contribution in [3.8, 4) is 0 Å². The van der Waals surface area contributed by atoms with Gasteiger partial charge in [0.1, 0.15) is 0 Å². The van der Waals surface area contributed by atoms with Crippen LogP contribution in [0.3, 0.4) is 0 Å². The molecule has 1 aliphatic rings. The van der Waals surface area contributed by atoms with Crippen LogP contribution in [-0.4, -0.2) is 13.1 Å². The zero-order chi connectivity index (χ0) is 8.10. The third-order valence-corrected chi connectivity index (χ3v) is 2.57. The Bertz CT molecular complexity index is 142. The van der Waals surface area contributed by atoms with Crippen LogP contribution in [0.5, 0.6) is 0 Å². The molecule has 1 aliphatic heterocycles. The molecule has 1 fully saturated rings. The Morgan fingerprint density at radius 2 is 2.08 bits per heavy atom. The van der Waals surface area contributed by atoms with Crippen LogP contribution >= 0.6 is 12.4 Å². The monoisotopic (exact) mass is 189 g/mol. The van der Waals surface area contributed by atoms with E-state index in [0.29, 0.717) is 0 Å². The molecule has 0 aromatic heterocycles. The first-order valence-electron chi connectivity index (χ1n) is 4.72. The summed E-state index contributed by atoms with van der Waals surface area (Å²) in [5, 5.41) is 3.42. The van der Waals surface area contributed by atoms with Crippen LogP contribution in [0.2, 0.25) is 0 Å². The molecule has 1 N–H and O–H groups in total. The highest BCUT2D eigenvalue weighted by Crippen LogP contribution is 2.18. The van der Waals surface area contributed by atoms with Gasteiger partial charge in [-0.25, -0.2) is 0 Å². The van der Waals surface area contributed by atoms with Crippen molar-refractivity contribution in [1.82, 2.24) is 5.32 Å². The van der Waals surface area contributed by atoms with Crippen molar-refractivity contribution in [2.45, 2.75) is 39.5 Å². The average molecular weight is 190 g/mol. The molecule has 0 aliphatic carbocycles. The molecule has 0 aromatic carbocycles. The van der Waals surface area contributed by atoms with Crippen molar-refractivity contribution in [2.75, 3.05) is 13.1 Å². The second kappa shape index (κ2) is 6.50. The van der Waals surface area contributed by atoms with E-state index in [1.165, 1.54) is 38.8 Å². The maximum absolute atomic E-state index is 3.42. The minimum atomic E-state index is 0. The third-order valence-electron chi connectivity index (χ3n) is 2.57. The molecular formula is C10H20ClN. The van der Waals surface area contributed by atoms with Gasteiger partial charge in [0.2, 0.25) is 0 Å². The van der Waals surface area contributed by atoms with E-state index in [4.69, 9.17) is 0 Å². The average Bonchev–Trinajstić information content (AvgIpc) is 2.30. The van der Waals surface area contributed by atoms with Gasteiger partial charge in [-0.05, 0) is 45.7 Å². The zero-order valence-corrected chi connectivity index (χ0v) is 8.97. The first-order valence-corrected chi connectivity index (χ1v) is 4.72. The SMILES string of the molecule is CCC(C)=C1CCCNCC1.Cl. The Labute approximate surface area is 82.0 Å². The lowest BCUT2D eigenvalue weighted by Gasteiger charge is -2.06. The van der Waals surface area contributed by atoms with Crippen LogP contribution in [0.1, 0.15) is 39.5 Å². The van der Waals surface area contributed by atoms with Gasteiger partial charge in [-0.1, -0.05) is 18.1 Å². The van der Waals surface area contributed by atoms with Crippen molar-refractivity contribution in [3.63, 3.8) is 0 Å². The Balaban J connectivity index is 0.00000121. The van der Waals surface area contributed by atoms with E-state index in [0.717, 1.165) is 0 Å². The number of rotatable bonds is 1. The fourth-order valence-electron chi connectivity index (χ4n) is 1.59. The molecule has 0 amide bonds. The van der Waals surface area contributed by atoms with Crippen LogP contribution in [0, 0.1) is 0 Å². The number of hydrogen-bond acceptors (Lipinski definition) is 1. The number of hydrogen-bond donors (Lipinski definition) is 1. The normalized spacial score (nSPS) is 22.5. The van der Waals surface area contributed by atoms with Gasteiger partial charge in [0, 0.05) is 0 Å². The molecular weight excluding hydrogens is 170 g/mol. The maximum atomic E-state index is 3.42. The smallest absolute Gasteiger partial charge is 0.00115 e. The fraction of sp³-hybridized carbons (Fsp3) is 0.800. The number of halogens is 1. The first kappa shape index (κ1) is 12.0. The zero-order valence-electron chi connectivity index (χ0n) is 8.15. The minimum Gasteiger partial charge on any atom is -0.316 e. The summed E-state index contributed by atoms with van der Waals surface area (Å²) in [4.78, 5) is 0. The van der Waals surface area contributed by atoms with E-state index in [1.807, 2.05) is 0 Å². The first-order chi connectivity index (χ1) is 5.34. The Hall–Kier alpha value is -0.0100. The topological polar surface area (TPSA) is 12.0 Å². The van der Waals surface area contributed by atoms with Gasteiger partial charge >= 0.3 is 0 Å². The molecule has 1 saturated heterocycles. The van der Waals surface area contributed by atoms with Crippen LogP contribution in [0.25, 0.3) is 0 Å². The van der Waals surface area contributed by atoms with E-state index in [1.54, 1.807) is 11.1 Å². The summed E-state index contributed by atoms with van der Waals surface area (Å²) in [7, 11) is 0. The van der Waals surface area contributed by atoms with E-state index in [-0.39, 0.29) is 12.4 Å². The predicted molar refractivity (Wildman–Crippen MR) is 57.0 cm³/mol. The lowest BCUT2D eigenvalue weighted by molar-refractivity contribution is 0.703. The standard InChI is InChI=1S/C10H19N.ClH/c1-3-9(2)10-5-4-7-11-8-6-10;/h11H,3-8H2,1-2H3;1H. The summed E-state index contributed by atoms with van der Waals surface area (Å²) >= 11 is 0. The van der Waals surface area contributed by atoms with Crippen LogP contribution < -0.4 is 5.32 Å². The van der Waals surface area contributed by atoms with Gasteiger partial charge in [-0.15, -0.1) is 12.4 Å². The number of allylic oxidation sites excluding steroid dienone is 1. The van der Waals surface area contributed by atoms with Gasteiger partial charge < -0.3 is 5.32 Å². The Morgan fingerprint density at radius 1 is 1.33 bits per heavy atom. The molecule has 0 radical (unpaired) electrons. The molecule has 72 valence electrons. The highest BCUT2D eigenvalue weighted by molar-refractivity contribution is 5.85. The molecule has 0 unspecified atom stereocenters. The highest BCUT2D eigenvalue weighted by Gasteiger charge is 2.04. The summed E-state index contributed by atoms with van der Waals surface area (Å²) in [6.07, 6.45) is 5.16. The molecule has 12 heavy (non-hydrogen) atoms. The van der Waals surface area contributed by atoms with E-state index in [2.05, 4.69) is 19.2 Å². The van der Waals surface area contributed by atoms with Gasteiger partial charge in [0.15, 0.2) is 0 Å². The van der Waals surface area contributed by atoms with Crippen LogP contribution in [-0.2, 0) is 0 Å². The van der Waals surface area contributed by atoms with Crippen molar-refractivity contribution in [2.24, 2.45) is 0 Å². The van der Waals surface area contributed by atoms with Gasteiger partial charge in [0.05, 0.1) is 0 Å². The van der Waals surface area contributed by atoms with Crippen molar-refractivity contribution in [3.05, 3.63) is 11.1 Å². The van der Waals surface area contributed by atoms with E-state index in [9.17, 15) is 0 Å². The largest absolute Gasteiger partial charge is 0.316 e. The van der Waals surface area contributed by atoms with Crippen LogP contribution in [0.4, 0.5) is 0 Å². The quantitative estimate of drug-likeness (QED) is 0.626. The molecule has 1 heterocycles. The van der Waals surface area contributed by atoms with Gasteiger partial charge in [-0.3, -0.25) is 0 Å². The van der Waals surface area contributed by atoms with E-state index >= 15 is 0 Å². The Morgan fingerprint density at radius 3 is 2.75 bits per heavy atom. The van der Waals surface area contributed by atoms with E-state index < -0.39 is 0 Å². The second-order valence-electron chi connectivity index (χ2n) is 3.34. The van der Waals surface area contributed by atoms with Crippen LogP contribution in [0.15, 0.2) is 11.1 Å². The van der Waals surface area contributed by atoms with Gasteiger partial charge in [0.25, 0.3) is 0 Å². The molecule has 1 rings (SSSR count). The third kappa shape index (κ3) is 3.59. The Kier molecular flexibility index (Phi) is 6.49. The molecule has 2 heteroatoms. The minimum absolute atomic E-state index is 0. The summed E-state index contributed by atoms with van der Waals surface area (Å²) in [5.74, 6) is 0. The van der Waals surface area contributed by atoms with Crippen molar-refractivity contribution in [1.29, 1.82) is 0 Å². The molecule has 0 atom stereocenters. The lowest BCUT2D eigenvalue weighted by Crippen LogP contribution is -2.13. The summed E-state index contributed by atoms with van der Waals surface area (Å²) in [5.41, 5.74) is 3.33. The number of nitrogens with one attached hydrogen (secondary N) is 1. The maximum Gasteiger partial charge on any atom is -0.00115 e. The summed E-state index contributed by atoms with van der Waals surface area (Å²) < 4.78 is 0. The van der Waals surface area contributed by atoms with Crippen molar-refractivity contribution < 1.29 is 0 Å². The summed E-state index contributed by atoms with van der Waals surface area (Å²) in [6, 6.07) is 0. The summed E-state index contributed by atoms with van der Waals surface area (Å²) in [6.45, 7) is 6.93.